The van der Waals surface area contributed by atoms with Gasteiger partial charge in [-0.05, 0) is 13.0 Å². The first-order chi connectivity index (χ1) is 8.69. The highest BCUT2D eigenvalue weighted by molar-refractivity contribution is 5.94. The molecule has 1 aromatic heterocycles. The Morgan fingerprint density at radius 3 is 2.42 bits per heavy atom. The molecule has 104 valence electrons. The van der Waals surface area contributed by atoms with Crippen molar-refractivity contribution in [3.8, 4) is 11.6 Å². The summed E-state index contributed by atoms with van der Waals surface area (Å²) < 4.78 is 45.2. The molecule has 0 atom stereocenters. The Kier molecular flexibility index (Phi) is 4.47. The summed E-state index contributed by atoms with van der Waals surface area (Å²) in [4.78, 5) is 25.5. The van der Waals surface area contributed by atoms with Crippen LogP contribution in [0.3, 0.4) is 0 Å². The first-order valence-corrected chi connectivity index (χ1v) is 5.08. The van der Waals surface area contributed by atoms with Crippen LogP contribution >= 0.6 is 0 Å². The summed E-state index contributed by atoms with van der Waals surface area (Å²) in [6.07, 6.45) is -3.50. The van der Waals surface area contributed by atoms with Gasteiger partial charge in [0.15, 0.2) is 18.1 Å². The Morgan fingerprint density at radius 2 is 1.95 bits per heavy atom. The largest absolute Gasteiger partial charge is 0.465 e. The molecule has 5 nitrogen and oxygen atoms in total. The molecule has 0 aliphatic carbocycles. The van der Waals surface area contributed by atoms with E-state index < -0.39 is 24.6 Å². The van der Waals surface area contributed by atoms with Crippen molar-refractivity contribution in [3.05, 3.63) is 17.8 Å². The van der Waals surface area contributed by atoms with Gasteiger partial charge in [0.25, 0.3) is 5.88 Å². The van der Waals surface area contributed by atoms with E-state index in [2.05, 4.69) is 14.5 Å². The molecule has 0 N–H and O–H groups in total. The SMILES string of the molecule is CC(=O)Oc1cc(C(C)=O)cnc1OCC(F)(F)F. The van der Waals surface area contributed by atoms with E-state index >= 15 is 0 Å². The number of esters is 1. The maximum atomic E-state index is 12.0. The average molecular weight is 277 g/mol. The zero-order valence-corrected chi connectivity index (χ0v) is 10.1. The van der Waals surface area contributed by atoms with Crippen molar-refractivity contribution < 1.29 is 32.2 Å². The molecule has 0 aromatic carbocycles. The fraction of sp³-hybridized carbons (Fsp3) is 0.364. The first-order valence-electron chi connectivity index (χ1n) is 5.08. The van der Waals surface area contributed by atoms with Gasteiger partial charge in [-0.2, -0.15) is 13.2 Å². The monoisotopic (exact) mass is 277 g/mol. The van der Waals surface area contributed by atoms with Crippen LogP contribution in [0.4, 0.5) is 13.2 Å². The number of pyridine rings is 1. The molecule has 0 aliphatic heterocycles. The van der Waals surface area contributed by atoms with Crippen LogP contribution in [-0.2, 0) is 4.79 Å². The maximum absolute atomic E-state index is 12.0. The maximum Gasteiger partial charge on any atom is 0.422 e. The molecule has 0 fully saturated rings. The number of carbonyl (C=O) groups excluding carboxylic acids is 2. The summed E-state index contributed by atoms with van der Waals surface area (Å²) in [5.41, 5.74) is 0.0932. The topological polar surface area (TPSA) is 65.5 Å². The van der Waals surface area contributed by atoms with Crippen LogP contribution in [0.15, 0.2) is 12.3 Å². The number of hydrogen-bond donors (Lipinski definition) is 0. The van der Waals surface area contributed by atoms with E-state index in [9.17, 15) is 22.8 Å². The van der Waals surface area contributed by atoms with Crippen LogP contribution in [0.5, 0.6) is 11.6 Å². The van der Waals surface area contributed by atoms with E-state index in [4.69, 9.17) is 0 Å². The van der Waals surface area contributed by atoms with Crippen LogP contribution in [0.1, 0.15) is 24.2 Å². The molecule has 0 unspecified atom stereocenters. The number of aromatic nitrogens is 1. The van der Waals surface area contributed by atoms with Crippen LogP contribution < -0.4 is 9.47 Å². The fourth-order valence-electron chi connectivity index (χ4n) is 1.11. The van der Waals surface area contributed by atoms with Crippen molar-refractivity contribution in [2.45, 2.75) is 20.0 Å². The minimum Gasteiger partial charge on any atom is -0.465 e. The van der Waals surface area contributed by atoms with E-state index in [-0.39, 0.29) is 17.1 Å². The number of halogens is 3. The quantitative estimate of drug-likeness (QED) is 0.623. The molecule has 0 saturated carbocycles. The molecule has 1 aromatic rings. The second kappa shape index (κ2) is 5.68. The minimum absolute atomic E-state index is 0.0932. The van der Waals surface area contributed by atoms with Crippen molar-refractivity contribution >= 4 is 11.8 Å². The van der Waals surface area contributed by atoms with Gasteiger partial charge >= 0.3 is 12.1 Å². The molecule has 0 amide bonds. The van der Waals surface area contributed by atoms with Crippen molar-refractivity contribution in [1.29, 1.82) is 0 Å². The Hall–Kier alpha value is -2.12. The number of ether oxygens (including phenoxy) is 2. The fourth-order valence-corrected chi connectivity index (χ4v) is 1.11. The van der Waals surface area contributed by atoms with E-state index in [0.29, 0.717) is 0 Å². The third-order valence-electron chi connectivity index (χ3n) is 1.85. The summed E-state index contributed by atoms with van der Waals surface area (Å²) in [5, 5.41) is 0. The molecule has 0 spiro atoms. The van der Waals surface area contributed by atoms with Gasteiger partial charge in [-0.3, -0.25) is 9.59 Å². The number of nitrogens with zero attached hydrogens (tertiary/aromatic N) is 1. The number of hydrogen-bond acceptors (Lipinski definition) is 5. The zero-order valence-electron chi connectivity index (χ0n) is 10.1. The van der Waals surface area contributed by atoms with Crippen molar-refractivity contribution in [3.63, 3.8) is 0 Å². The molecule has 1 heterocycles. The zero-order chi connectivity index (χ0) is 14.6. The summed E-state index contributed by atoms with van der Waals surface area (Å²) in [6, 6.07) is 1.10. The lowest BCUT2D eigenvalue weighted by Crippen LogP contribution is -2.20. The van der Waals surface area contributed by atoms with Crippen LogP contribution in [0.2, 0.25) is 0 Å². The van der Waals surface area contributed by atoms with Gasteiger partial charge in [0, 0.05) is 18.7 Å². The van der Waals surface area contributed by atoms with Gasteiger partial charge in [0.05, 0.1) is 0 Å². The van der Waals surface area contributed by atoms with Gasteiger partial charge in [0.2, 0.25) is 0 Å². The van der Waals surface area contributed by atoms with Gasteiger partial charge in [0.1, 0.15) is 0 Å². The number of ketones is 1. The highest BCUT2D eigenvalue weighted by Crippen LogP contribution is 2.27. The molecule has 0 saturated heterocycles. The van der Waals surface area contributed by atoms with E-state index in [1.54, 1.807) is 0 Å². The molecule has 19 heavy (non-hydrogen) atoms. The predicted molar refractivity (Wildman–Crippen MR) is 57.1 cm³/mol. The van der Waals surface area contributed by atoms with Gasteiger partial charge in [-0.1, -0.05) is 0 Å². The number of Topliss-reactive ketones (excluding diaryl/α,β-unsaturated/α-hetero) is 1. The number of alkyl halides is 3. The standard InChI is InChI=1S/C11H10F3NO4/c1-6(16)8-3-9(19-7(2)17)10(15-4-8)18-5-11(12,13)14/h3-4H,5H2,1-2H3. The summed E-state index contributed by atoms with van der Waals surface area (Å²) in [6.45, 7) is 0.729. The minimum atomic E-state index is -4.55. The van der Waals surface area contributed by atoms with Gasteiger partial charge < -0.3 is 9.47 Å². The summed E-state index contributed by atoms with van der Waals surface area (Å²) in [5.74, 6) is -1.97. The Labute approximate surface area is 106 Å². The molecule has 1 rings (SSSR count). The van der Waals surface area contributed by atoms with Crippen LogP contribution in [0.25, 0.3) is 0 Å². The highest BCUT2D eigenvalue weighted by atomic mass is 19.4. The van der Waals surface area contributed by atoms with E-state index in [0.717, 1.165) is 19.2 Å². The molecular formula is C11H10F3NO4. The molecule has 8 heteroatoms. The third-order valence-corrected chi connectivity index (χ3v) is 1.85. The highest BCUT2D eigenvalue weighted by Gasteiger charge is 2.29. The van der Waals surface area contributed by atoms with Gasteiger partial charge in [-0.25, -0.2) is 4.98 Å². The Morgan fingerprint density at radius 1 is 1.32 bits per heavy atom. The van der Waals surface area contributed by atoms with E-state index in [1.165, 1.54) is 6.92 Å². The van der Waals surface area contributed by atoms with Gasteiger partial charge in [-0.15, -0.1) is 0 Å². The first kappa shape index (κ1) is 14.9. The lowest BCUT2D eigenvalue weighted by molar-refractivity contribution is -0.154. The summed E-state index contributed by atoms with van der Waals surface area (Å²) in [7, 11) is 0. The van der Waals surface area contributed by atoms with Crippen LogP contribution in [-0.4, -0.2) is 29.5 Å². The molecule has 0 aliphatic rings. The summed E-state index contributed by atoms with van der Waals surface area (Å²) >= 11 is 0. The molecule has 0 radical (unpaired) electrons. The smallest absolute Gasteiger partial charge is 0.422 e. The van der Waals surface area contributed by atoms with Crippen molar-refractivity contribution in [1.82, 2.24) is 4.98 Å². The van der Waals surface area contributed by atoms with Crippen LogP contribution in [0, 0.1) is 0 Å². The van der Waals surface area contributed by atoms with E-state index in [1.807, 2.05) is 0 Å². The average Bonchev–Trinajstić information content (AvgIpc) is 2.25. The van der Waals surface area contributed by atoms with Crippen molar-refractivity contribution in [2.75, 3.05) is 6.61 Å². The normalized spacial score (nSPS) is 11.0. The third kappa shape index (κ3) is 4.94. The lowest BCUT2D eigenvalue weighted by atomic mass is 10.2. The van der Waals surface area contributed by atoms with Crippen molar-refractivity contribution in [2.24, 2.45) is 0 Å². The lowest BCUT2D eigenvalue weighted by Gasteiger charge is -2.12. The molecular weight excluding hydrogens is 267 g/mol. The predicted octanol–water partition coefficient (Wildman–Crippen LogP) is 2.15. The second-order valence-electron chi connectivity index (χ2n) is 3.58. The number of carbonyl (C=O) groups is 2. The number of rotatable bonds is 4. The molecule has 0 bridgehead atoms. The Bertz CT molecular complexity index is 499. The Balaban J connectivity index is 3.01. The second-order valence-corrected chi connectivity index (χ2v) is 3.58.